The van der Waals surface area contributed by atoms with Crippen LogP contribution in [0.3, 0.4) is 0 Å². The number of carboxylic acids is 1. The number of halogens is 1. The Morgan fingerprint density at radius 2 is 1.81 bits per heavy atom. The van der Waals surface area contributed by atoms with Crippen molar-refractivity contribution < 1.29 is 27.5 Å². The molecule has 1 unspecified atom stereocenters. The zero-order valence-corrected chi connectivity index (χ0v) is 14.9. The maximum atomic E-state index is 13.0. The Morgan fingerprint density at radius 3 is 2.48 bits per heavy atom. The van der Waals surface area contributed by atoms with Crippen molar-refractivity contribution >= 4 is 27.9 Å². The Morgan fingerprint density at radius 1 is 1.11 bits per heavy atom. The number of fused-ring (bicyclic) bond motifs is 1. The van der Waals surface area contributed by atoms with Gasteiger partial charge < -0.3 is 5.11 Å². The lowest BCUT2D eigenvalue weighted by atomic mass is 9.97. The molecule has 1 aliphatic carbocycles. The highest BCUT2D eigenvalue weighted by Gasteiger charge is 2.25. The number of carboxylic acid groups (broad SMARTS) is 1. The molecule has 0 saturated heterocycles. The lowest BCUT2D eigenvalue weighted by Crippen LogP contribution is -2.27. The van der Waals surface area contributed by atoms with Crippen LogP contribution >= 0.6 is 0 Å². The first-order valence-corrected chi connectivity index (χ1v) is 9.56. The third-order valence-electron chi connectivity index (χ3n) is 4.16. The zero-order valence-electron chi connectivity index (χ0n) is 14.1. The van der Waals surface area contributed by atoms with E-state index in [0.29, 0.717) is 16.7 Å². The number of carbonyl (C=O) groups is 2. The van der Waals surface area contributed by atoms with E-state index < -0.39 is 40.1 Å². The molecule has 1 aliphatic rings. The summed E-state index contributed by atoms with van der Waals surface area (Å²) in [5.41, 5.74) is 2.00. The third kappa shape index (κ3) is 4.29. The summed E-state index contributed by atoms with van der Waals surface area (Å²) in [5.74, 6) is -2.15. The van der Waals surface area contributed by atoms with E-state index in [1.54, 1.807) is 30.4 Å². The summed E-state index contributed by atoms with van der Waals surface area (Å²) in [7, 11) is -3.87. The summed E-state index contributed by atoms with van der Waals surface area (Å²) in [4.78, 5) is 22.4. The van der Waals surface area contributed by atoms with Crippen molar-refractivity contribution in [2.24, 2.45) is 0 Å². The molecule has 6 nitrogen and oxygen atoms in total. The van der Waals surface area contributed by atoms with Gasteiger partial charge in [0.15, 0.2) is 0 Å². The summed E-state index contributed by atoms with van der Waals surface area (Å²) in [6, 6.07) is 8.99. The Balaban J connectivity index is 1.82. The molecule has 0 saturated carbocycles. The molecule has 0 fully saturated rings. The second-order valence-corrected chi connectivity index (χ2v) is 7.83. The Hall–Kier alpha value is -2.84. The van der Waals surface area contributed by atoms with Crippen molar-refractivity contribution in [3.8, 4) is 0 Å². The first-order valence-electron chi connectivity index (χ1n) is 8.07. The Kier molecular flexibility index (Phi) is 5.20. The smallest absolute Gasteiger partial charge is 0.310 e. The van der Waals surface area contributed by atoms with Crippen LogP contribution in [0.25, 0.3) is 6.08 Å². The van der Waals surface area contributed by atoms with Gasteiger partial charge in [0.05, 0.1) is 10.9 Å². The van der Waals surface area contributed by atoms with E-state index in [1.165, 1.54) is 12.1 Å². The van der Waals surface area contributed by atoms with E-state index in [4.69, 9.17) is 5.11 Å². The standard InChI is InChI=1S/C19H16FNO5S/c20-13-4-6-15(7-5-13)27(25,26)21-18-9-8-16-12(2-1-3-17(16)18)10-14(22)11-19(23)24/h1-9,18,21H,10-11H2,(H,23,24). The number of ketones is 1. The van der Waals surface area contributed by atoms with Crippen molar-refractivity contribution in [2.75, 3.05) is 0 Å². The van der Waals surface area contributed by atoms with E-state index >= 15 is 0 Å². The second kappa shape index (κ2) is 7.42. The summed E-state index contributed by atoms with van der Waals surface area (Å²) in [6.07, 6.45) is 2.75. The summed E-state index contributed by atoms with van der Waals surface area (Å²) in [6.45, 7) is 0. The molecule has 3 rings (SSSR count). The fourth-order valence-corrected chi connectivity index (χ4v) is 4.12. The van der Waals surface area contributed by atoms with Gasteiger partial charge in [-0.3, -0.25) is 9.59 Å². The van der Waals surface area contributed by atoms with Crippen LogP contribution in [0.15, 0.2) is 53.4 Å². The van der Waals surface area contributed by atoms with Crippen LogP contribution in [0.2, 0.25) is 0 Å². The molecular formula is C19H16FNO5S. The molecular weight excluding hydrogens is 373 g/mol. The molecule has 2 aromatic carbocycles. The maximum Gasteiger partial charge on any atom is 0.310 e. The number of Topliss-reactive ketones (excluding diaryl/α,β-unsaturated/α-hetero) is 1. The monoisotopic (exact) mass is 389 g/mol. The topological polar surface area (TPSA) is 101 Å². The van der Waals surface area contributed by atoms with Gasteiger partial charge in [0.1, 0.15) is 18.0 Å². The van der Waals surface area contributed by atoms with Crippen LogP contribution in [-0.4, -0.2) is 25.3 Å². The summed E-state index contributed by atoms with van der Waals surface area (Å²) >= 11 is 0. The van der Waals surface area contributed by atoms with Gasteiger partial charge >= 0.3 is 5.97 Å². The zero-order chi connectivity index (χ0) is 19.6. The number of benzene rings is 2. The summed E-state index contributed by atoms with van der Waals surface area (Å²) < 4.78 is 40.6. The minimum Gasteiger partial charge on any atom is -0.481 e. The molecule has 0 heterocycles. The number of hydrogen-bond acceptors (Lipinski definition) is 4. The van der Waals surface area contributed by atoms with Crippen molar-refractivity contribution in [1.29, 1.82) is 0 Å². The fraction of sp³-hybridized carbons (Fsp3) is 0.158. The van der Waals surface area contributed by atoms with E-state index in [0.717, 1.165) is 12.1 Å². The predicted molar refractivity (Wildman–Crippen MR) is 95.9 cm³/mol. The predicted octanol–water partition coefficient (Wildman–Crippen LogP) is 2.46. The van der Waals surface area contributed by atoms with E-state index in [1.807, 2.05) is 0 Å². The molecule has 0 aliphatic heterocycles. The van der Waals surface area contributed by atoms with Crippen molar-refractivity contribution in [3.63, 3.8) is 0 Å². The number of aliphatic carboxylic acids is 1. The second-order valence-electron chi connectivity index (χ2n) is 6.12. The fourth-order valence-electron chi connectivity index (χ4n) is 2.95. The number of nitrogens with one attached hydrogen (secondary N) is 1. The Labute approximate surface area is 155 Å². The van der Waals surface area contributed by atoms with Crippen LogP contribution in [0.1, 0.15) is 29.2 Å². The minimum atomic E-state index is -3.87. The van der Waals surface area contributed by atoms with Crippen molar-refractivity contribution in [1.82, 2.24) is 4.72 Å². The van der Waals surface area contributed by atoms with Crippen LogP contribution in [0, 0.1) is 5.82 Å². The van der Waals surface area contributed by atoms with Crippen LogP contribution in [-0.2, 0) is 26.0 Å². The third-order valence-corrected chi connectivity index (χ3v) is 5.62. The number of hydrogen-bond donors (Lipinski definition) is 2. The number of sulfonamides is 1. The highest BCUT2D eigenvalue weighted by Crippen LogP contribution is 2.32. The van der Waals surface area contributed by atoms with Gasteiger partial charge in [-0.05, 0) is 41.0 Å². The molecule has 0 spiro atoms. The van der Waals surface area contributed by atoms with Gasteiger partial charge in [-0.2, -0.15) is 4.72 Å². The average molecular weight is 389 g/mol. The highest BCUT2D eigenvalue weighted by molar-refractivity contribution is 7.89. The molecule has 8 heteroatoms. The van der Waals surface area contributed by atoms with Crippen LogP contribution in [0.5, 0.6) is 0 Å². The van der Waals surface area contributed by atoms with Crippen LogP contribution < -0.4 is 4.72 Å². The minimum absolute atomic E-state index is 0.0444. The van der Waals surface area contributed by atoms with Gasteiger partial charge in [0, 0.05) is 6.42 Å². The van der Waals surface area contributed by atoms with E-state index in [9.17, 15) is 22.4 Å². The van der Waals surface area contributed by atoms with Gasteiger partial charge in [0.25, 0.3) is 0 Å². The van der Waals surface area contributed by atoms with E-state index in [-0.39, 0.29) is 11.3 Å². The molecule has 0 aromatic heterocycles. The van der Waals surface area contributed by atoms with Gasteiger partial charge in [-0.25, -0.2) is 12.8 Å². The first kappa shape index (κ1) is 18.9. The van der Waals surface area contributed by atoms with Crippen molar-refractivity contribution in [3.05, 3.63) is 71.0 Å². The quantitative estimate of drug-likeness (QED) is 0.709. The van der Waals surface area contributed by atoms with Gasteiger partial charge in [-0.1, -0.05) is 30.4 Å². The highest BCUT2D eigenvalue weighted by atomic mass is 32.2. The van der Waals surface area contributed by atoms with Crippen LogP contribution in [0.4, 0.5) is 4.39 Å². The number of rotatable bonds is 7. The maximum absolute atomic E-state index is 13.0. The molecule has 2 N–H and O–H groups in total. The van der Waals surface area contributed by atoms with Gasteiger partial charge in [-0.15, -0.1) is 0 Å². The first-order chi connectivity index (χ1) is 12.8. The molecule has 0 radical (unpaired) electrons. The Bertz CT molecular complexity index is 1030. The molecule has 1 atom stereocenters. The number of carbonyl (C=O) groups excluding carboxylic acids is 1. The van der Waals surface area contributed by atoms with E-state index in [2.05, 4.69) is 4.72 Å². The normalized spacial score (nSPS) is 15.5. The largest absolute Gasteiger partial charge is 0.481 e. The van der Waals surface area contributed by atoms with Gasteiger partial charge in [0.2, 0.25) is 10.0 Å². The average Bonchev–Trinajstić information content (AvgIpc) is 2.98. The molecule has 27 heavy (non-hydrogen) atoms. The summed E-state index contributed by atoms with van der Waals surface area (Å²) in [5, 5.41) is 8.72. The molecule has 140 valence electrons. The lowest BCUT2D eigenvalue weighted by Gasteiger charge is -2.15. The molecule has 2 aromatic rings. The molecule has 0 bridgehead atoms. The molecule has 0 amide bonds. The lowest BCUT2D eigenvalue weighted by molar-refractivity contribution is -0.140. The SMILES string of the molecule is O=C(O)CC(=O)Cc1cccc2c1C=CC2NS(=O)(=O)c1ccc(F)cc1. The van der Waals surface area contributed by atoms with Crippen molar-refractivity contribution in [2.45, 2.75) is 23.8 Å².